The summed E-state index contributed by atoms with van der Waals surface area (Å²) in [6.45, 7) is 6.06. The van der Waals surface area contributed by atoms with E-state index in [1.807, 2.05) is 49.4 Å². The van der Waals surface area contributed by atoms with Crippen LogP contribution < -0.4 is 19.5 Å². The maximum Gasteiger partial charge on any atom is 0.155 e. The maximum atomic E-state index is 15.8. The summed E-state index contributed by atoms with van der Waals surface area (Å²) in [5, 5.41) is 4.60. The molecule has 0 radical (unpaired) electrons. The zero-order valence-corrected chi connectivity index (χ0v) is 28.7. The van der Waals surface area contributed by atoms with Crippen LogP contribution in [0, 0.1) is 0 Å². The van der Waals surface area contributed by atoms with E-state index < -0.39 is 18.4 Å². The van der Waals surface area contributed by atoms with Crippen molar-refractivity contribution < 1.29 is 23.0 Å². The van der Waals surface area contributed by atoms with Crippen LogP contribution in [0.5, 0.6) is 17.2 Å². The quantitative estimate of drug-likeness (QED) is 0.181. The normalized spacial score (nSPS) is 20.7. The summed E-state index contributed by atoms with van der Waals surface area (Å²) >= 11 is 13.7. The van der Waals surface area contributed by atoms with Gasteiger partial charge in [0.2, 0.25) is 0 Å². The molecule has 1 heterocycles. The average Bonchev–Trinajstić information content (AvgIpc) is 3.40. The molecule has 1 aliphatic heterocycles. The monoisotopic (exact) mass is 686 g/mol. The van der Waals surface area contributed by atoms with Gasteiger partial charge in [-0.1, -0.05) is 72.8 Å². The number of rotatable bonds is 13. The molecule has 3 aliphatic rings. The van der Waals surface area contributed by atoms with Crippen molar-refractivity contribution in [3.05, 3.63) is 75.3 Å². The summed E-state index contributed by atoms with van der Waals surface area (Å²) in [6.07, 6.45) is 5.68. The molecule has 2 aliphatic carbocycles. The molecule has 254 valence electrons. The van der Waals surface area contributed by atoms with Gasteiger partial charge in [-0.15, -0.1) is 0 Å². The van der Waals surface area contributed by atoms with Gasteiger partial charge in [0, 0.05) is 55.8 Å². The van der Waals surface area contributed by atoms with E-state index >= 15 is 4.39 Å². The zero-order valence-electron chi connectivity index (χ0n) is 27.2. The number of hydrogen-bond acceptors (Lipinski definition) is 5. The Labute approximate surface area is 287 Å². The van der Waals surface area contributed by atoms with E-state index in [1.165, 1.54) is 32.1 Å². The number of fused-ring (bicyclic) bond motifs is 1. The largest absolute Gasteiger partial charge is 0.493 e. The fourth-order valence-corrected chi connectivity index (χ4v) is 7.72. The zero-order chi connectivity index (χ0) is 32.8. The van der Waals surface area contributed by atoms with Gasteiger partial charge in [0.1, 0.15) is 29.6 Å². The molecular formula is C38H46Cl2F2N2O3. The minimum absolute atomic E-state index is 0.201. The molecular weight excluding hydrogens is 641 g/mol. The molecule has 2 fully saturated rings. The maximum absolute atomic E-state index is 15.8. The second-order valence-corrected chi connectivity index (χ2v) is 13.8. The fourth-order valence-electron chi connectivity index (χ4n) is 7.20. The Bertz CT molecular complexity index is 1490. The predicted molar refractivity (Wildman–Crippen MR) is 186 cm³/mol. The first-order valence-corrected chi connectivity index (χ1v) is 18.1. The van der Waals surface area contributed by atoms with Crippen LogP contribution in [0.3, 0.4) is 0 Å². The van der Waals surface area contributed by atoms with Crippen LogP contribution in [-0.2, 0) is 13.0 Å². The third-order valence-electron chi connectivity index (χ3n) is 9.75. The first kappa shape index (κ1) is 34.3. The van der Waals surface area contributed by atoms with Gasteiger partial charge < -0.3 is 24.4 Å². The van der Waals surface area contributed by atoms with Crippen molar-refractivity contribution in [1.82, 2.24) is 10.2 Å². The van der Waals surface area contributed by atoms with Gasteiger partial charge >= 0.3 is 0 Å². The molecule has 1 saturated heterocycles. The lowest BCUT2D eigenvalue weighted by Crippen LogP contribution is -2.35. The molecule has 9 heteroatoms. The first-order chi connectivity index (χ1) is 22.9. The Kier molecular flexibility index (Phi) is 11.8. The number of alkyl halides is 2. The van der Waals surface area contributed by atoms with Gasteiger partial charge in [-0.05, 0) is 67.9 Å². The van der Waals surface area contributed by atoms with Crippen LogP contribution in [0.1, 0.15) is 81.1 Å². The summed E-state index contributed by atoms with van der Waals surface area (Å²) in [5.41, 5.74) is 4.29. The first-order valence-electron chi connectivity index (χ1n) is 17.3. The van der Waals surface area contributed by atoms with E-state index in [9.17, 15) is 4.39 Å². The number of ether oxygens (including phenoxy) is 3. The highest BCUT2D eigenvalue weighted by Gasteiger charge is 2.37. The van der Waals surface area contributed by atoms with E-state index in [0.29, 0.717) is 65.9 Å². The number of nitrogens with one attached hydrogen (secondary N) is 1. The number of halogens is 4. The minimum atomic E-state index is -1.26. The second kappa shape index (κ2) is 16.2. The van der Waals surface area contributed by atoms with Crippen molar-refractivity contribution in [2.75, 3.05) is 32.8 Å². The van der Waals surface area contributed by atoms with Gasteiger partial charge in [-0.2, -0.15) is 0 Å². The number of hydrogen-bond donors (Lipinski definition) is 1. The molecule has 5 nitrogen and oxygen atoms in total. The molecule has 1 saturated carbocycles. The SMILES string of the molecule is CCOc1cc(O[C@@H]2c3cccc(-c4cccc(OCCCN5CCC(F)CC5)c4Cl)c3C[C@@H]2F)c(Cl)cc1CNC1CCCCC1. The summed E-state index contributed by atoms with van der Waals surface area (Å²) < 4.78 is 47.7. The Morgan fingerprint density at radius 1 is 0.872 bits per heavy atom. The van der Waals surface area contributed by atoms with Crippen LogP contribution >= 0.6 is 23.2 Å². The molecule has 3 aromatic rings. The third-order valence-corrected chi connectivity index (χ3v) is 10.4. The minimum Gasteiger partial charge on any atom is -0.493 e. The van der Waals surface area contributed by atoms with Gasteiger partial charge in [0.05, 0.1) is 23.3 Å². The molecule has 0 amide bonds. The van der Waals surface area contributed by atoms with E-state index in [1.54, 1.807) is 6.07 Å². The van der Waals surface area contributed by atoms with Gasteiger partial charge in [-0.3, -0.25) is 0 Å². The Hall–Kier alpha value is -2.58. The van der Waals surface area contributed by atoms with Gasteiger partial charge in [0.15, 0.2) is 6.10 Å². The van der Waals surface area contributed by atoms with Crippen molar-refractivity contribution >= 4 is 23.2 Å². The molecule has 0 spiro atoms. The van der Waals surface area contributed by atoms with Gasteiger partial charge in [-0.25, -0.2) is 8.78 Å². The second-order valence-electron chi connectivity index (χ2n) is 13.0. The number of piperidine rings is 1. The standard InChI is InChI=1S/C38H46Cl2F2N2O3/c1-2-45-35-23-36(32(39)21-25(35)24-43-27-9-4-3-5-10-27)47-38-30-13-6-11-28(31(30)22-33(38)42)29-12-7-14-34(37(29)40)46-20-8-17-44-18-15-26(41)16-19-44/h6-7,11-14,21,23,26-27,33,38,43H,2-5,8-10,15-20,22,24H2,1H3/t33-,38+/m0/s1. The smallest absolute Gasteiger partial charge is 0.155 e. The summed E-state index contributed by atoms with van der Waals surface area (Å²) in [5.74, 6) is 1.70. The number of nitrogens with zero attached hydrogens (tertiary/aromatic N) is 1. The van der Waals surface area contributed by atoms with Crippen molar-refractivity contribution in [2.45, 2.75) is 95.7 Å². The molecule has 3 aromatic carbocycles. The molecule has 0 bridgehead atoms. The average molecular weight is 688 g/mol. The molecule has 0 aromatic heterocycles. The highest BCUT2D eigenvalue weighted by atomic mass is 35.5. The number of benzene rings is 3. The van der Waals surface area contributed by atoms with E-state index in [4.69, 9.17) is 37.4 Å². The van der Waals surface area contributed by atoms with Gasteiger partial charge in [0.25, 0.3) is 0 Å². The van der Waals surface area contributed by atoms with Crippen LogP contribution in [0.25, 0.3) is 11.1 Å². The van der Waals surface area contributed by atoms with E-state index in [-0.39, 0.29) is 6.42 Å². The fraction of sp³-hybridized carbons (Fsp3) is 0.526. The van der Waals surface area contributed by atoms with Crippen molar-refractivity contribution in [1.29, 1.82) is 0 Å². The molecule has 0 unspecified atom stereocenters. The van der Waals surface area contributed by atoms with Crippen LogP contribution in [0.4, 0.5) is 8.78 Å². The molecule has 2 atom stereocenters. The predicted octanol–water partition coefficient (Wildman–Crippen LogP) is 9.70. The third kappa shape index (κ3) is 8.36. The molecule has 1 N–H and O–H groups in total. The van der Waals surface area contributed by atoms with Crippen molar-refractivity contribution in [3.63, 3.8) is 0 Å². The molecule has 47 heavy (non-hydrogen) atoms. The highest BCUT2D eigenvalue weighted by Crippen LogP contribution is 2.46. The van der Waals surface area contributed by atoms with E-state index in [0.717, 1.165) is 53.9 Å². The number of likely N-dealkylation sites (tertiary alicyclic amines) is 1. The lowest BCUT2D eigenvalue weighted by Gasteiger charge is -2.28. The summed E-state index contributed by atoms with van der Waals surface area (Å²) in [4.78, 5) is 2.28. The molecule has 6 rings (SSSR count). The van der Waals surface area contributed by atoms with Crippen molar-refractivity contribution in [2.24, 2.45) is 0 Å². The lowest BCUT2D eigenvalue weighted by atomic mass is 9.95. The Morgan fingerprint density at radius 3 is 2.43 bits per heavy atom. The Balaban J connectivity index is 1.15. The summed E-state index contributed by atoms with van der Waals surface area (Å²) in [6, 6.07) is 15.7. The Morgan fingerprint density at radius 2 is 1.64 bits per heavy atom. The van der Waals surface area contributed by atoms with Crippen LogP contribution in [0.2, 0.25) is 10.0 Å². The van der Waals surface area contributed by atoms with Crippen molar-refractivity contribution in [3.8, 4) is 28.4 Å². The van der Waals surface area contributed by atoms with E-state index in [2.05, 4.69) is 10.2 Å². The summed E-state index contributed by atoms with van der Waals surface area (Å²) in [7, 11) is 0. The van der Waals surface area contributed by atoms with Crippen LogP contribution in [-0.4, -0.2) is 56.1 Å². The highest BCUT2D eigenvalue weighted by molar-refractivity contribution is 6.35. The topological polar surface area (TPSA) is 43.0 Å². The lowest BCUT2D eigenvalue weighted by molar-refractivity contribution is 0.115. The van der Waals surface area contributed by atoms with Crippen LogP contribution in [0.15, 0.2) is 48.5 Å².